The summed E-state index contributed by atoms with van der Waals surface area (Å²) in [6, 6.07) is 7.78. The fraction of sp³-hybridized carbons (Fsp3) is 0.333. The van der Waals surface area contributed by atoms with Gasteiger partial charge < -0.3 is 4.98 Å². The molecule has 2 aromatic carbocycles. The van der Waals surface area contributed by atoms with Crippen LogP contribution in [0.5, 0.6) is 0 Å². The van der Waals surface area contributed by atoms with Crippen molar-refractivity contribution in [1.29, 1.82) is 0 Å². The summed E-state index contributed by atoms with van der Waals surface area (Å²) >= 11 is 5.82. The SMILES string of the molecule is Fc1ccc2nccc(C3([C@@H](c4nc5cc(Cl)c(F)cc5[nH]4)C(F)(F)F)CCCCC3)c2c1. The van der Waals surface area contributed by atoms with Crippen LogP contribution in [0.2, 0.25) is 5.02 Å². The van der Waals surface area contributed by atoms with E-state index in [1.54, 1.807) is 6.07 Å². The first kappa shape index (κ1) is 22.1. The Balaban J connectivity index is 1.79. The Morgan fingerprint density at radius 1 is 0.970 bits per heavy atom. The summed E-state index contributed by atoms with van der Waals surface area (Å²) < 4.78 is 72.6. The van der Waals surface area contributed by atoms with E-state index in [0.717, 1.165) is 12.5 Å². The highest BCUT2D eigenvalue weighted by atomic mass is 35.5. The van der Waals surface area contributed by atoms with Crippen molar-refractivity contribution in [2.24, 2.45) is 0 Å². The molecule has 2 aromatic heterocycles. The van der Waals surface area contributed by atoms with E-state index in [-0.39, 0.29) is 34.7 Å². The third kappa shape index (κ3) is 3.74. The molecular weight excluding hydrogens is 461 g/mol. The van der Waals surface area contributed by atoms with Gasteiger partial charge >= 0.3 is 6.18 Å². The van der Waals surface area contributed by atoms with E-state index in [0.29, 0.717) is 29.3 Å². The standard InChI is InChI=1S/C24H19ClF5N3/c25-16-11-19-20(12-17(16)27)33-22(32-19)21(24(28,29)30)23(7-2-1-3-8-23)15-6-9-31-18-5-4-13(26)10-14(15)18/h4-6,9-12,21H,1-3,7-8H2,(H,32,33)/t21-/m1/s1. The molecule has 4 aromatic rings. The minimum Gasteiger partial charge on any atom is -0.341 e. The first-order valence-corrected chi connectivity index (χ1v) is 11.0. The van der Waals surface area contributed by atoms with Crippen LogP contribution in [-0.4, -0.2) is 21.1 Å². The number of alkyl halides is 3. The Kier molecular flexibility index (Phi) is 5.31. The summed E-state index contributed by atoms with van der Waals surface area (Å²) in [5.74, 6) is -3.60. The van der Waals surface area contributed by atoms with Crippen LogP contribution in [0.3, 0.4) is 0 Å². The molecule has 1 fully saturated rings. The Morgan fingerprint density at radius 3 is 2.45 bits per heavy atom. The molecule has 1 atom stereocenters. The lowest BCUT2D eigenvalue weighted by Crippen LogP contribution is -2.44. The average Bonchev–Trinajstić information content (AvgIpc) is 3.14. The molecule has 0 aliphatic heterocycles. The molecule has 1 aliphatic carbocycles. The Bertz CT molecular complexity index is 1300. The molecule has 0 amide bonds. The highest BCUT2D eigenvalue weighted by Crippen LogP contribution is 2.56. The van der Waals surface area contributed by atoms with Crippen molar-refractivity contribution in [2.45, 2.75) is 49.6 Å². The number of imidazole rings is 1. The first-order chi connectivity index (χ1) is 15.7. The molecule has 1 saturated carbocycles. The summed E-state index contributed by atoms with van der Waals surface area (Å²) in [6.07, 6.45) is -0.717. The fourth-order valence-corrected chi connectivity index (χ4v) is 5.50. The van der Waals surface area contributed by atoms with E-state index >= 15 is 0 Å². The second-order valence-electron chi connectivity index (χ2n) is 8.62. The predicted octanol–water partition coefficient (Wildman–Crippen LogP) is 7.59. The zero-order chi connectivity index (χ0) is 23.4. The van der Waals surface area contributed by atoms with Crippen LogP contribution in [0.15, 0.2) is 42.6 Å². The van der Waals surface area contributed by atoms with Crippen molar-refractivity contribution in [2.75, 3.05) is 0 Å². The van der Waals surface area contributed by atoms with Gasteiger partial charge in [0.15, 0.2) is 0 Å². The van der Waals surface area contributed by atoms with Crippen LogP contribution >= 0.6 is 11.6 Å². The third-order valence-electron chi connectivity index (χ3n) is 6.68. The average molecular weight is 480 g/mol. The molecule has 1 aliphatic rings. The van der Waals surface area contributed by atoms with Crippen molar-refractivity contribution in [1.82, 2.24) is 15.0 Å². The summed E-state index contributed by atoms with van der Waals surface area (Å²) in [6.45, 7) is 0. The van der Waals surface area contributed by atoms with Crippen molar-refractivity contribution in [3.8, 4) is 0 Å². The molecule has 33 heavy (non-hydrogen) atoms. The van der Waals surface area contributed by atoms with Crippen LogP contribution in [0.1, 0.15) is 49.4 Å². The summed E-state index contributed by atoms with van der Waals surface area (Å²) in [7, 11) is 0. The van der Waals surface area contributed by atoms with Gasteiger partial charge in [0.2, 0.25) is 0 Å². The van der Waals surface area contributed by atoms with Gasteiger partial charge in [-0.15, -0.1) is 0 Å². The van der Waals surface area contributed by atoms with Gasteiger partial charge in [-0.2, -0.15) is 13.2 Å². The largest absolute Gasteiger partial charge is 0.399 e. The maximum Gasteiger partial charge on any atom is 0.399 e. The maximum absolute atomic E-state index is 14.8. The Morgan fingerprint density at radius 2 is 1.73 bits per heavy atom. The number of nitrogens with one attached hydrogen (secondary N) is 1. The van der Waals surface area contributed by atoms with Gasteiger partial charge in [0.1, 0.15) is 23.4 Å². The van der Waals surface area contributed by atoms with Crippen molar-refractivity contribution < 1.29 is 22.0 Å². The topological polar surface area (TPSA) is 41.6 Å². The molecule has 0 unspecified atom stereocenters. The van der Waals surface area contributed by atoms with Crippen LogP contribution in [0.25, 0.3) is 21.9 Å². The summed E-state index contributed by atoms with van der Waals surface area (Å²) in [5, 5.41) is 0.144. The Labute approximate surface area is 191 Å². The molecule has 3 nitrogen and oxygen atoms in total. The first-order valence-electron chi connectivity index (χ1n) is 10.7. The Hall–Kier alpha value is -2.74. The second-order valence-corrected chi connectivity index (χ2v) is 9.02. The molecule has 2 heterocycles. The number of fused-ring (bicyclic) bond motifs is 2. The van der Waals surface area contributed by atoms with Gasteiger partial charge in [-0.05, 0) is 48.7 Å². The third-order valence-corrected chi connectivity index (χ3v) is 6.97. The summed E-state index contributed by atoms with van der Waals surface area (Å²) in [4.78, 5) is 11.1. The summed E-state index contributed by atoms with van der Waals surface area (Å²) in [5.41, 5.74) is -0.265. The van der Waals surface area contributed by atoms with Crippen molar-refractivity contribution >= 4 is 33.5 Å². The number of hydrogen-bond donors (Lipinski definition) is 1. The number of benzene rings is 2. The number of hydrogen-bond acceptors (Lipinski definition) is 2. The van der Waals surface area contributed by atoms with E-state index < -0.39 is 29.1 Å². The molecule has 0 radical (unpaired) electrons. The van der Waals surface area contributed by atoms with E-state index in [2.05, 4.69) is 15.0 Å². The van der Waals surface area contributed by atoms with E-state index in [1.807, 2.05) is 0 Å². The van der Waals surface area contributed by atoms with Crippen LogP contribution in [-0.2, 0) is 5.41 Å². The van der Waals surface area contributed by atoms with Crippen LogP contribution in [0, 0.1) is 11.6 Å². The minimum absolute atomic E-state index is 0.137. The van der Waals surface area contributed by atoms with Gasteiger partial charge in [-0.3, -0.25) is 4.98 Å². The number of halogens is 6. The zero-order valence-corrected chi connectivity index (χ0v) is 18.1. The van der Waals surface area contributed by atoms with Gasteiger partial charge in [0.05, 0.1) is 21.6 Å². The smallest absolute Gasteiger partial charge is 0.341 e. The fourth-order valence-electron chi connectivity index (χ4n) is 5.34. The van der Waals surface area contributed by atoms with E-state index in [1.165, 1.54) is 30.5 Å². The number of aromatic nitrogens is 3. The molecule has 5 rings (SSSR count). The number of H-pyrrole nitrogens is 1. The van der Waals surface area contributed by atoms with Crippen LogP contribution < -0.4 is 0 Å². The molecule has 1 N–H and O–H groups in total. The van der Waals surface area contributed by atoms with E-state index in [9.17, 15) is 22.0 Å². The molecule has 0 bridgehead atoms. The van der Waals surface area contributed by atoms with Crippen LogP contribution in [0.4, 0.5) is 22.0 Å². The number of aromatic amines is 1. The highest BCUT2D eigenvalue weighted by Gasteiger charge is 2.57. The lowest BCUT2D eigenvalue weighted by Gasteiger charge is -2.44. The van der Waals surface area contributed by atoms with Crippen molar-refractivity contribution in [3.05, 3.63) is 70.6 Å². The molecule has 0 saturated heterocycles. The molecule has 172 valence electrons. The van der Waals surface area contributed by atoms with Gasteiger partial charge in [-0.25, -0.2) is 13.8 Å². The molecule has 9 heteroatoms. The predicted molar refractivity (Wildman–Crippen MR) is 116 cm³/mol. The lowest BCUT2D eigenvalue weighted by molar-refractivity contribution is -0.172. The number of pyridine rings is 1. The molecule has 0 spiro atoms. The van der Waals surface area contributed by atoms with Gasteiger partial charge in [-0.1, -0.05) is 30.9 Å². The lowest BCUT2D eigenvalue weighted by atomic mass is 9.61. The number of rotatable bonds is 3. The number of nitrogens with zero attached hydrogens (tertiary/aromatic N) is 2. The van der Waals surface area contributed by atoms with E-state index in [4.69, 9.17) is 11.6 Å². The normalized spacial score (nSPS) is 17.5. The maximum atomic E-state index is 14.8. The minimum atomic E-state index is -4.67. The highest BCUT2D eigenvalue weighted by molar-refractivity contribution is 6.31. The monoisotopic (exact) mass is 479 g/mol. The second kappa shape index (κ2) is 7.94. The van der Waals surface area contributed by atoms with Gasteiger partial charge in [0.25, 0.3) is 0 Å². The molecular formula is C24H19ClF5N3. The van der Waals surface area contributed by atoms with Crippen molar-refractivity contribution in [3.63, 3.8) is 0 Å². The van der Waals surface area contributed by atoms with Gasteiger partial charge in [0, 0.05) is 23.1 Å². The zero-order valence-electron chi connectivity index (χ0n) is 17.3. The quantitative estimate of drug-likeness (QED) is 0.307.